The molecule has 0 aliphatic rings. The molecule has 0 rings (SSSR count). The zero-order chi connectivity index (χ0) is 6.57. The van der Waals surface area contributed by atoms with Crippen LogP contribution in [0.4, 0.5) is 0 Å². The lowest BCUT2D eigenvalue weighted by molar-refractivity contribution is -0.114. The van der Waals surface area contributed by atoms with Crippen LogP contribution in [0.15, 0.2) is 11.8 Å². The number of amides is 1. The zero-order valence-corrected chi connectivity index (χ0v) is 4.85. The van der Waals surface area contributed by atoms with E-state index >= 15 is 0 Å². The molecule has 0 aliphatic heterocycles. The fraction of sp³-hybridized carbons (Fsp3) is 0.400. The van der Waals surface area contributed by atoms with Crippen LogP contribution in [0.1, 0.15) is 13.3 Å². The van der Waals surface area contributed by atoms with Crippen molar-refractivity contribution in [2.75, 3.05) is 0 Å². The summed E-state index contributed by atoms with van der Waals surface area (Å²) in [6.07, 6.45) is 2.33. The van der Waals surface area contributed by atoms with Gasteiger partial charge in [0.15, 0.2) is 0 Å². The van der Waals surface area contributed by atoms with Crippen LogP contribution < -0.4 is 11.5 Å². The number of carbonyl (C=O) groups is 1. The Morgan fingerprint density at radius 1 is 1.62 bits per heavy atom. The molecule has 0 aromatic rings. The first-order valence-electron chi connectivity index (χ1n) is 2.44. The van der Waals surface area contributed by atoms with Crippen LogP contribution in [0.25, 0.3) is 0 Å². The molecule has 0 aromatic heterocycles. The van der Waals surface area contributed by atoms with E-state index in [9.17, 15) is 4.79 Å². The van der Waals surface area contributed by atoms with Gasteiger partial charge in [0.25, 0.3) is 5.91 Å². The van der Waals surface area contributed by atoms with Crippen molar-refractivity contribution in [3.05, 3.63) is 11.8 Å². The fourth-order valence-corrected chi connectivity index (χ4v) is 0.321. The van der Waals surface area contributed by atoms with Gasteiger partial charge in [0.05, 0.1) is 5.70 Å². The van der Waals surface area contributed by atoms with E-state index in [1.165, 1.54) is 0 Å². The second kappa shape index (κ2) is 3.07. The highest BCUT2D eigenvalue weighted by atomic mass is 16.1. The highest BCUT2D eigenvalue weighted by Gasteiger charge is 1.92. The van der Waals surface area contributed by atoms with Crippen LogP contribution >= 0.6 is 0 Å². The molecule has 0 saturated heterocycles. The molecule has 0 spiro atoms. The van der Waals surface area contributed by atoms with Crippen LogP contribution in [-0.2, 0) is 4.79 Å². The maximum Gasteiger partial charge on any atom is 0.264 e. The Morgan fingerprint density at radius 2 is 2.12 bits per heavy atom. The molecule has 0 aromatic carbocycles. The Morgan fingerprint density at radius 3 is 2.25 bits per heavy atom. The van der Waals surface area contributed by atoms with Crippen molar-refractivity contribution < 1.29 is 4.79 Å². The first kappa shape index (κ1) is 7.01. The molecule has 0 fully saturated rings. The molecular weight excluding hydrogens is 104 g/mol. The summed E-state index contributed by atoms with van der Waals surface area (Å²) in [6.45, 7) is 1.88. The summed E-state index contributed by atoms with van der Waals surface area (Å²) in [4.78, 5) is 10.1. The van der Waals surface area contributed by atoms with Gasteiger partial charge in [-0.05, 0) is 6.42 Å². The third kappa shape index (κ3) is 2.23. The molecule has 0 unspecified atom stereocenters. The Kier molecular flexibility index (Phi) is 2.69. The van der Waals surface area contributed by atoms with Crippen molar-refractivity contribution in [2.24, 2.45) is 11.5 Å². The molecule has 0 radical (unpaired) electrons. The predicted molar refractivity (Wildman–Crippen MR) is 31.8 cm³/mol. The van der Waals surface area contributed by atoms with Crippen molar-refractivity contribution in [1.82, 2.24) is 0 Å². The minimum absolute atomic E-state index is 0.146. The average molecular weight is 114 g/mol. The molecule has 0 heterocycles. The second-order valence-electron chi connectivity index (χ2n) is 1.43. The smallest absolute Gasteiger partial charge is 0.264 e. The SMILES string of the molecule is CC/C=C(\N)C(N)=O. The first-order valence-corrected chi connectivity index (χ1v) is 2.44. The lowest BCUT2D eigenvalue weighted by Gasteiger charge is -1.89. The van der Waals surface area contributed by atoms with Crippen molar-refractivity contribution in [2.45, 2.75) is 13.3 Å². The second-order valence-corrected chi connectivity index (χ2v) is 1.43. The van der Waals surface area contributed by atoms with E-state index in [1.54, 1.807) is 6.08 Å². The first-order chi connectivity index (χ1) is 3.68. The molecule has 0 saturated carbocycles. The normalized spacial score (nSPS) is 11.4. The van der Waals surface area contributed by atoms with E-state index in [0.29, 0.717) is 0 Å². The minimum Gasteiger partial charge on any atom is -0.395 e. The highest BCUT2D eigenvalue weighted by Crippen LogP contribution is 1.83. The van der Waals surface area contributed by atoms with Crippen molar-refractivity contribution in [3.63, 3.8) is 0 Å². The molecule has 46 valence electrons. The van der Waals surface area contributed by atoms with Gasteiger partial charge in [-0.15, -0.1) is 0 Å². The van der Waals surface area contributed by atoms with Crippen molar-refractivity contribution >= 4 is 5.91 Å². The topological polar surface area (TPSA) is 69.1 Å². The Hall–Kier alpha value is -0.990. The summed E-state index contributed by atoms with van der Waals surface area (Å²) in [7, 11) is 0. The van der Waals surface area contributed by atoms with Gasteiger partial charge in [-0.2, -0.15) is 0 Å². The number of allylic oxidation sites excluding steroid dienone is 1. The third-order valence-electron chi connectivity index (χ3n) is 0.709. The van der Waals surface area contributed by atoms with Gasteiger partial charge >= 0.3 is 0 Å². The fourth-order valence-electron chi connectivity index (χ4n) is 0.321. The van der Waals surface area contributed by atoms with E-state index in [-0.39, 0.29) is 5.70 Å². The summed E-state index contributed by atoms with van der Waals surface area (Å²) >= 11 is 0. The quantitative estimate of drug-likeness (QED) is 0.485. The van der Waals surface area contributed by atoms with Crippen LogP contribution in [0.2, 0.25) is 0 Å². The molecule has 0 aliphatic carbocycles. The molecule has 3 nitrogen and oxygen atoms in total. The molecule has 4 N–H and O–H groups in total. The van der Waals surface area contributed by atoms with Crippen LogP contribution in [-0.4, -0.2) is 5.91 Å². The Bertz CT molecular complexity index is 118. The van der Waals surface area contributed by atoms with Crippen molar-refractivity contribution in [1.29, 1.82) is 0 Å². The molecule has 3 heteroatoms. The van der Waals surface area contributed by atoms with Gasteiger partial charge in [-0.3, -0.25) is 4.79 Å². The number of rotatable bonds is 2. The Labute approximate surface area is 48.4 Å². The number of carbonyl (C=O) groups excluding carboxylic acids is 1. The van der Waals surface area contributed by atoms with E-state index in [2.05, 4.69) is 0 Å². The number of nitrogens with two attached hydrogens (primary N) is 2. The van der Waals surface area contributed by atoms with E-state index in [1.807, 2.05) is 6.92 Å². The number of hydrogen-bond donors (Lipinski definition) is 2. The van der Waals surface area contributed by atoms with Crippen LogP contribution in [0.3, 0.4) is 0 Å². The van der Waals surface area contributed by atoms with Gasteiger partial charge < -0.3 is 11.5 Å². The number of primary amides is 1. The van der Waals surface area contributed by atoms with E-state index < -0.39 is 5.91 Å². The number of hydrogen-bond acceptors (Lipinski definition) is 2. The maximum atomic E-state index is 10.1. The zero-order valence-electron chi connectivity index (χ0n) is 4.85. The van der Waals surface area contributed by atoms with Gasteiger partial charge in [-0.25, -0.2) is 0 Å². The Balaban J connectivity index is 3.80. The van der Waals surface area contributed by atoms with E-state index in [0.717, 1.165) is 6.42 Å². The van der Waals surface area contributed by atoms with Crippen LogP contribution in [0.5, 0.6) is 0 Å². The molecule has 0 atom stereocenters. The molecule has 0 bridgehead atoms. The lowest BCUT2D eigenvalue weighted by Crippen LogP contribution is -2.19. The molecule has 8 heavy (non-hydrogen) atoms. The van der Waals surface area contributed by atoms with Crippen molar-refractivity contribution in [3.8, 4) is 0 Å². The standard InChI is InChI=1S/C5H10N2O/c1-2-3-4(6)5(7)8/h3H,2,6H2,1H3,(H2,7,8)/b4-3-. The monoisotopic (exact) mass is 114 g/mol. The lowest BCUT2D eigenvalue weighted by atomic mass is 10.3. The summed E-state index contributed by atoms with van der Waals surface area (Å²) in [6, 6.07) is 0. The molecular formula is C5H10N2O. The van der Waals surface area contributed by atoms with Gasteiger partial charge in [0.1, 0.15) is 0 Å². The third-order valence-corrected chi connectivity index (χ3v) is 0.709. The average Bonchev–Trinajstić information content (AvgIpc) is 1.67. The summed E-state index contributed by atoms with van der Waals surface area (Å²) in [5.74, 6) is -0.549. The maximum absolute atomic E-state index is 10.1. The largest absolute Gasteiger partial charge is 0.395 e. The van der Waals surface area contributed by atoms with Gasteiger partial charge in [-0.1, -0.05) is 13.0 Å². The summed E-state index contributed by atoms with van der Waals surface area (Å²) in [5.41, 5.74) is 10.0. The van der Waals surface area contributed by atoms with Crippen LogP contribution in [0, 0.1) is 0 Å². The highest BCUT2D eigenvalue weighted by molar-refractivity contribution is 5.90. The summed E-state index contributed by atoms with van der Waals surface area (Å²) in [5, 5.41) is 0. The predicted octanol–water partition coefficient (Wildman–Crippen LogP) is -0.276. The van der Waals surface area contributed by atoms with Gasteiger partial charge in [0.2, 0.25) is 0 Å². The van der Waals surface area contributed by atoms with E-state index in [4.69, 9.17) is 11.5 Å². The molecule has 1 amide bonds. The summed E-state index contributed by atoms with van der Waals surface area (Å²) < 4.78 is 0. The van der Waals surface area contributed by atoms with Gasteiger partial charge in [0, 0.05) is 0 Å². The minimum atomic E-state index is -0.549.